The molecule has 0 spiro atoms. The molecule has 1 aliphatic heterocycles. The molecule has 0 N–H and O–H groups in total. The number of imidazole rings is 5. The summed E-state index contributed by atoms with van der Waals surface area (Å²) in [6.45, 7) is 14.2. The maximum atomic E-state index is 10.6. The summed E-state index contributed by atoms with van der Waals surface area (Å²) in [5, 5.41) is 4.10. The molecular weight excluding hydrogens is 1420 g/mol. The molecular formula is C71H73BCl2N13O2PU. The molecule has 15 nitrogen and oxygen atoms in total. The molecule has 5 aromatic carbocycles. The smallest absolute Gasteiger partial charge is 0.234 e. The maximum Gasteiger partial charge on any atom is 0.234 e. The number of fused-ring (bicyclic) bond motifs is 3. The molecule has 1 saturated heterocycles. The van der Waals surface area contributed by atoms with Crippen LogP contribution in [-0.4, -0.2) is 91.4 Å². The molecule has 91 heavy (non-hydrogen) atoms. The number of aromatic nitrogens is 13. The van der Waals surface area contributed by atoms with Gasteiger partial charge in [0.25, 0.3) is 0 Å². The standard InChI is InChI=1S/C27H25N3P.C20H19N5.C11H10N2O.C9H10ClN3.C4H8O.BH.ClH.U/c1-21-18-22(2)30-19-23(29-27(30)28-21)20-31(24-12-6-3-7-13-24,25-14-8-4-9-15-25)26-16-10-5-11-17-26;1-14-11-15(2)25-12-17(22-20(25)21-14)9-10-19-23-18(13-24(19)3)16-7-5-4-6-8-16;1-13-7-10(12-11(13)8-14)9-5-3-2-4-6-9;1-6-3-7(2)13-5-8(4-10)12-9(13)11-6;1-2-4-5-3-1;;;/h3-19H,20H2,1-2H3;4-13H,1-3H3;2-8H,1H3;3,5H,4H2,1-2H3;1-4H2;2*1H;/q+1;;;;;;;/p-1/b;10-9+;;;;;;/i;;;;;1D;;. The van der Waals surface area contributed by atoms with E-state index in [1.807, 2.05) is 153 Å². The quantitative estimate of drug-likeness (QED) is 0.0530. The third kappa shape index (κ3) is 17.5. The summed E-state index contributed by atoms with van der Waals surface area (Å²) in [5.74, 6) is 4.00. The molecule has 2 radical (unpaired) electrons. The molecule has 1 aliphatic rings. The average molecular weight is 1490 g/mol. The van der Waals surface area contributed by atoms with Crippen LogP contribution < -0.4 is 28.3 Å². The minimum absolute atomic E-state index is 0. The Morgan fingerprint density at radius 1 is 0.495 bits per heavy atom. The molecule has 1 fully saturated rings. The Labute approximate surface area is 571 Å². The molecule has 0 unspecified atom stereocenters. The van der Waals surface area contributed by atoms with Crippen molar-refractivity contribution in [1.82, 2.24) is 62.2 Å². The molecule has 14 rings (SSSR count). The van der Waals surface area contributed by atoms with Crippen LogP contribution >= 0.6 is 18.9 Å². The van der Waals surface area contributed by atoms with Crippen LogP contribution in [0, 0.1) is 72.7 Å². The fraction of sp³-hybridized carbons (Fsp3) is 0.197. The van der Waals surface area contributed by atoms with E-state index in [0.717, 1.165) is 123 Å². The molecule has 0 atom stereocenters. The largest absolute Gasteiger partial charge is 1.00 e. The number of aryl methyl sites for hydroxylation is 8. The van der Waals surface area contributed by atoms with Gasteiger partial charge in [-0.1, -0.05) is 115 Å². The Hall–Kier alpha value is -8.12. The molecule has 8 aromatic heterocycles. The summed E-state index contributed by atoms with van der Waals surface area (Å²) in [6, 6.07) is 59.0. The summed E-state index contributed by atoms with van der Waals surface area (Å²) in [5.41, 5.74) is 13.1. The molecule has 20 heteroatoms. The van der Waals surface area contributed by atoms with Gasteiger partial charge in [-0.2, -0.15) is 0 Å². The topological polar surface area (TPSA) is 153 Å². The van der Waals surface area contributed by atoms with Crippen LogP contribution in [0.2, 0.25) is 0 Å². The monoisotopic (exact) mass is 1490 g/mol. The van der Waals surface area contributed by atoms with Gasteiger partial charge in [0, 0.05) is 143 Å². The van der Waals surface area contributed by atoms with Gasteiger partial charge in [-0.05, 0) is 122 Å². The van der Waals surface area contributed by atoms with Gasteiger partial charge >= 0.3 is 0 Å². The van der Waals surface area contributed by atoms with Gasteiger partial charge in [-0.15, -0.1) is 11.6 Å². The minimum Gasteiger partial charge on any atom is -1.00 e. The average Bonchev–Trinajstić information content (AvgIpc) is 1.07. The second-order valence-electron chi connectivity index (χ2n) is 21.6. The van der Waals surface area contributed by atoms with Crippen LogP contribution in [0.4, 0.5) is 0 Å². The van der Waals surface area contributed by atoms with E-state index in [4.69, 9.17) is 27.6 Å². The maximum absolute atomic E-state index is 10.6. The van der Waals surface area contributed by atoms with Crippen molar-refractivity contribution in [3.05, 3.63) is 264 Å². The number of hydrogen-bond donors (Lipinski definition) is 0. The molecule has 9 heterocycles. The number of carbonyl (C=O) groups excluding carboxylic acids is 1. The van der Waals surface area contributed by atoms with E-state index >= 15 is 0 Å². The second kappa shape index (κ2) is 33.3. The van der Waals surface area contributed by atoms with Crippen LogP contribution in [0.25, 0.3) is 52.0 Å². The number of hydrogen-bond acceptors (Lipinski definition) is 10. The Morgan fingerprint density at radius 2 is 0.868 bits per heavy atom. The Balaban J connectivity index is 0.000000175. The summed E-state index contributed by atoms with van der Waals surface area (Å²) in [4.78, 5) is 46.7. The van der Waals surface area contributed by atoms with Gasteiger partial charge in [0.15, 0.2) is 12.1 Å². The van der Waals surface area contributed by atoms with Crippen molar-refractivity contribution in [2.75, 3.05) is 13.2 Å². The zero-order valence-corrected chi connectivity index (χ0v) is 59.0. The zero-order chi connectivity index (χ0) is 63.6. The van der Waals surface area contributed by atoms with E-state index in [2.05, 4.69) is 172 Å². The molecule has 0 aliphatic carbocycles. The number of alkyl halides is 1. The molecule has 0 amide bonds. The molecule has 0 saturated carbocycles. The normalized spacial score (nSPS) is 11.7. The predicted octanol–water partition coefficient (Wildman–Crippen LogP) is 9.89. The molecule has 13 aromatic rings. The summed E-state index contributed by atoms with van der Waals surface area (Å²) >= 11 is 5.69. The van der Waals surface area contributed by atoms with Gasteiger partial charge in [-0.25, -0.2) is 39.9 Å². The van der Waals surface area contributed by atoms with Crippen molar-refractivity contribution in [2.45, 2.75) is 66.4 Å². The summed E-state index contributed by atoms with van der Waals surface area (Å²) in [6.07, 6.45) is 18.1. The van der Waals surface area contributed by atoms with E-state index < -0.39 is 7.26 Å². The van der Waals surface area contributed by atoms with Gasteiger partial charge in [-0.3, -0.25) is 18.0 Å². The Morgan fingerprint density at radius 3 is 1.26 bits per heavy atom. The Kier molecular flexibility index (Phi) is 25.1. The van der Waals surface area contributed by atoms with E-state index in [1.165, 1.54) is 28.8 Å². The van der Waals surface area contributed by atoms with Crippen LogP contribution in [0.3, 0.4) is 0 Å². The van der Waals surface area contributed by atoms with E-state index in [9.17, 15) is 4.79 Å². The predicted molar refractivity (Wildman–Crippen MR) is 365 cm³/mol. The van der Waals surface area contributed by atoms with Crippen molar-refractivity contribution in [1.29, 1.82) is 1.34 Å². The first-order chi connectivity index (χ1) is 43.8. The third-order valence-electron chi connectivity index (χ3n) is 14.8. The first kappa shape index (κ1) is 68.8. The van der Waals surface area contributed by atoms with Crippen LogP contribution in [0.1, 0.15) is 80.5 Å². The van der Waals surface area contributed by atoms with Crippen molar-refractivity contribution in [2.24, 2.45) is 14.1 Å². The summed E-state index contributed by atoms with van der Waals surface area (Å²) < 4.78 is 20.0. The van der Waals surface area contributed by atoms with Gasteiger partial charge in [0.2, 0.25) is 17.3 Å². The first-order valence-corrected chi connectivity index (χ1v) is 31.8. The number of halogens is 2. The van der Waals surface area contributed by atoms with E-state index in [-0.39, 0.29) is 43.5 Å². The first-order valence-electron chi connectivity index (χ1n) is 29.8. The fourth-order valence-electron chi connectivity index (χ4n) is 10.5. The fourth-order valence-corrected chi connectivity index (χ4v) is 14.8. The minimum atomic E-state index is -1.96. The van der Waals surface area contributed by atoms with Gasteiger partial charge in [0.05, 0.1) is 34.3 Å². The molecule has 460 valence electrons. The third-order valence-corrected chi connectivity index (χ3v) is 19.4. The second-order valence-corrected chi connectivity index (χ2v) is 25.3. The number of rotatable bonds is 11. The van der Waals surface area contributed by atoms with E-state index in [1.54, 1.807) is 4.57 Å². The van der Waals surface area contributed by atoms with Crippen molar-refractivity contribution in [3.63, 3.8) is 0 Å². The van der Waals surface area contributed by atoms with Crippen LogP contribution in [0.15, 0.2) is 201 Å². The van der Waals surface area contributed by atoms with Crippen molar-refractivity contribution < 1.29 is 53.1 Å². The summed E-state index contributed by atoms with van der Waals surface area (Å²) in [7, 11) is 5.60. The van der Waals surface area contributed by atoms with Gasteiger partial charge in [0.1, 0.15) is 35.2 Å². The van der Waals surface area contributed by atoms with Crippen LogP contribution in [0.5, 0.6) is 0 Å². The number of carbonyl (C=O) groups is 1. The van der Waals surface area contributed by atoms with Crippen LogP contribution in [-0.2, 0) is 30.9 Å². The van der Waals surface area contributed by atoms with Crippen molar-refractivity contribution >= 4 is 78.9 Å². The number of aldehydes is 1. The zero-order valence-electron chi connectivity index (χ0n) is 53.4. The SMILES string of the molecule is C1CCOC1.Cc1cc(C)n2cc(/C=C/c3nc(-c4ccccc4)cn3C)nc2n1.Cc1cc(C)n2cc(CCl)nc2n1.Cc1cc(C)n2cc(C[P+](c3ccccc3)(c3ccccc3)c3ccccc3)nc2n1.Cn1cc(-c2ccccc2)nc1C=O.[2H][B].[Cl-].[U]. The number of benzene rings is 5. The number of nitrogens with zero attached hydrogens (tertiary/aromatic N) is 13. The Bertz CT molecular complexity index is 4370. The van der Waals surface area contributed by atoms with E-state index in [0.29, 0.717) is 11.7 Å². The van der Waals surface area contributed by atoms with Crippen molar-refractivity contribution in [3.8, 4) is 22.5 Å². The van der Waals surface area contributed by atoms with Gasteiger partial charge < -0.3 is 26.3 Å². The molecule has 0 bridgehead atoms. The number of ether oxygens (including phenoxy) is 1.